The lowest BCUT2D eigenvalue weighted by Crippen LogP contribution is -2.27. The fourth-order valence-electron chi connectivity index (χ4n) is 2.68. The van der Waals surface area contributed by atoms with Gasteiger partial charge in [-0.15, -0.1) is 11.6 Å². The van der Waals surface area contributed by atoms with Gasteiger partial charge in [0.1, 0.15) is 5.58 Å². The Morgan fingerprint density at radius 3 is 2.53 bits per heavy atom. The number of hydrogen-bond donors (Lipinski definition) is 1. The zero-order valence-electron chi connectivity index (χ0n) is 15.8. The van der Waals surface area contributed by atoms with Gasteiger partial charge < -0.3 is 9.15 Å². The molecule has 3 rings (SSSR count). The molecule has 1 heterocycles. The molecule has 1 N–H and O–H groups in total. The SMILES string of the molecule is Cc1ccc(S(=O)(=O)NCCC(=O)Oc2cc3oc(=O)cc(CCl)c3cc2Cl)cc1. The standard InChI is InChI=1S/C20H17Cl2NO6S/c1-12-2-4-14(5-3-12)30(26,27)23-7-6-19(24)29-18-10-17-15(9-16(18)22)13(11-21)8-20(25)28-17/h2-5,8-10,23H,6-7,11H2,1H3. The zero-order chi connectivity index (χ0) is 21.9. The fraction of sp³-hybridized carbons (Fsp3) is 0.200. The lowest BCUT2D eigenvalue weighted by atomic mass is 10.1. The van der Waals surface area contributed by atoms with Crippen LogP contribution in [0.3, 0.4) is 0 Å². The summed E-state index contributed by atoms with van der Waals surface area (Å²) in [5.74, 6) is -0.636. The molecule has 30 heavy (non-hydrogen) atoms. The van der Waals surface area contributed by atoms with Gasteiger partial charge in [0.25, 0.3) is 0 Å². The molecule has 0 bridgehead atoms. The van der Waals surface area contributed by atoms with E-state index in [1.165, 1.54) is 30.3 Å². The van der Waals surface area contributed by atoms with Crippen LogP contribution < -0.4 is 15.1 Å². The van der Waals surface area contributed by atoms with Crippen molar-refractivity contribution < 1.29 is 22.4 Å². The second-order valence-electron chi connectivity index (χ2n) is 6.44. The summed E-state index contributed by atoms with van der Waals surface area (Å²) in [6.45, 7) is 1.69. The average Bonchev–Trinajstić information content (AvgIpc) is 2.68. The molecule has 0 radical (unpaired) electrons. The van der Waals surface area contributed by atoms with Crippen molar-refractivity contribution in [2.45, 2.75) is 24.1 Å². The maximum atomic E-state index is 12.2. The number of carbonyl (C=O) groups is 1. The summed E-state index contributed by atoms with van der Waals surface area (Å²) in [4.78, 5) is 23.9. The number of aryl methyl sites for hydroxylation is 1. The molecule has 2 aromatic carbocycles. The fourth-order valence-corrected chi connectivity index (χ4v) is 4.13. The number of benzene rings is 2. The summed E-state index contributed by atoms with van der Waals surface area (Å²) in [5, 5.41) is 0.650. The lowest BCUT2D eigenvalue weighted by Gasteiger charge is -2.10. The van der Waals surface area contributed by atoms with E-state index in [1.54, 1.807) is 12.1 Å². The van der Waals surface area contributed by atoms with Crippen LogP contribution in [0.1, 0.15) is 17.5 Å². The normalized spacial score (nSPS) is 11.6. The van der Waals surface area contributed by atoms with Gasteiger partial charge in [-0.3, -0.25) is 4.79 Å². The van der Waals surface area contributed by atoms with Crippen molar-refractivity contribution in [1.82, 2.24) is 4.72 Å². The van der Waals surface area contributed by atoms with Crippen LogP contribution >= 0.6 is 23.2 Å². The van der Waals surface area contributed by atoms with Gasteiger partial charge in [0, 0.05) is 29.9 Å². The van der Waals surface area contributed by atoms with Crippen molar-refractivity contribution in [3.05, 3.63) is 69.0 Å². The first-order chi connectivity index (χ1) is 14.2. The van der Waals surface area contributed by atoms with Gasteiger partial charge in [0.15, 0.2) is 5.75 Å². The molecule has 0 atom stereocenters. The first kappa shape index (κ1) is 22.3. The van der Waals surface area contributed by atoms with E-state index in [4.69, 9.17) is 32.4 Å². The zero-order valence-corrected chi connectivity index (χ0v) is 18.1. The van der Waals surface area contributed by atoms with E-state index < -0.39 is 21.6 Å². The van der Waals surface area contributed by atoms with Gasteiger partial charge in [-0.25, -0.2) is 17.9 Å². The van der Waals surface area contributed by atoms with E-state index in [-0.39, 0.29) is 40.1 Å². The van der Waals surface area contributed by atoms with Crippen molar-refractivity contribution in [3.8, 4) is 5.75 Å². The first-order valence-electron chi connectivity index (χ1n) is 8.79. The molecule has 0 unspecified atom stereocenters. The number of esters is 1. The molecule has 0 fully saturated rings. The molecule has 0 aliphatic rings. The highest BCUT2D eigenvalue weighted by Crippen LogP contribution is 2.31. The maximum Gasteiger partial charge on any atom is 0.336 e. The molecule has 0 amide bonds. The number of alkyl halides is 1. The number of carbonyl (C=O) groups excluding carboxylic acids is 1. The van der Waals surface area contributed by atoms with Gasteiger partial charge in [-0.1, -0.05) is 29.3 Å². The van der Waals surface area contributed by atoms with Crippen LogP contribution in [0.25, 0.3) is 11.0 Å². The van der Waals surface area contributed by atoms with Crippen LogP contribution in [0.15, 0.2) is 56.6 Å². The van der Waals surface area contributed by atoms with E-state index in [0.717, 1.165) is 5.56 Å². The number of halogens is 2. The highest BCUT2D eigenvalue weighted by molar-refractivity contribution is 7.89. The predicted octanol–water partition coefficient (Wildman–Crippen LogP) is 3.77. The van der Waals surface area contributed by atoms with Crippen LogP contribution in [-0.2, 0) is 20.7 Å². The van der Waals surface area contributed by atoms with E-state index in [1.807, 2.05) is 6.92 Å². The van der Waals surface area contributed by atoms with Gasteiger partial charge in [0.2, 0.25) is 10.0 Å². The van der Waals surface area contributed by atoms with Crippen molar-refractivity contribution in [2.24, 2.45) is 0 Å². The Bertz CT molecular complexity index is 1250. The molecule has 0 aliphatic carbocycles. The Balaban J connectivity index is 1.67. The quantitative estimate of drug-likeness (QED) is 0.244. The molecule has 7 nitrogen and oxygen atoms in total. The van der Waals surface area contributed by atoms with Crippen LogP contribution in [-0.4, -0.2) is 20.9 Å². The number of sulfonamides is 1. The summed E-state index contributed by atoms with van der Waals surface area (Å²) in [5.41, 5.74) is 1.04. The maximum absolute atomic E-state index is 12.2. The number of fused-ring (bicyclic) bond motifs is 1. The number of rotatable bonds is 7. The van der Waals surface area contributed by atoms with Gasteiger partial charge in [-0.2, -0.15) is 0 Å². The molecule has 0 saturated carbocycles. The van der Waals surface area contributed by atoms with Crippen LogP contribution in [0.2, 0.25) is 5.02 Å². The third-order valence-corrected chi connectivity index (χ3v) is 6.26. The van der Waals surface area contributed by atoms with E-state index >= 15 is 0 Å². The first-order valence-corrected chi connectivity index (χ1v) is 11.2. The third-order valence-electron chi connectivity index (χ3n) is 4.20. The average molecular weight is 470 g/mol. The number of nitrogens with one attached hydrogen (secondary N) is 1. The molecule has 158 valence electrons. The Kier molecular flexibility index (Phi) is 6.82. The summed E-state index contributed by atoms with van der Waals surface area (Å²) >= 11 is 12.0. The smallest absolute Gasteiger partial charge is 0.336 e. The summed E-state index contributed by atoms with van der Waals surface area (Å²) < 4.78 is 37.1. The van der Waals surface area contributed by atoms with E-state index in [2.05, 4.69) is 4.72 Å². The van der Waals surface area contributed by atoms with Crippen molar-refractivity contribution in [3.63, 3.8) is 0 Å². The second-order valence-corrected chi connectivity index (χ2v) is 8.88. The molecular formula is C20H17Cl2NO6S. The second kappa shape index (κ2) is 9.18. The summed E-state index contributed by atoms with van der Waals surface area (Å²) in [6.07, 6.45) is -0.231. The molecule has 0 aliphatic heterocycles. The molecule has 0 spiro atoms. The molecular weight excluding hydrogens is 453 g/mol. The highest BCUT2D eigenvalue weighted by Gasteiger charge is 2.16. The van der Waals surface area contributed by atoms with Gasteiger partial charge in [-0.05, 0) is 30.7 Å². The molecule has 1 aromatic heterocycles. The summed E-state index contributed by atoms with van der Waals surface area (Å²) in [7, 11) is -3.74. The van der Waals surface area contributed by atoms with Crippen molar-refractivity contribution in [2.75, 3.05) is 6.54 Å². The minimum Gasteiger partial charge on any atom is -0.425 e. The monoisotopic (exact) mass is 469 g/mol. The number of hydrogen-bond acceptors (Lipinski definition) is 6. The van der Waals surface area contributed by atoms with Crippen LogP contribution in [0.4, 0.5) is 0 Å². The molecule has 10 heteroatoms. The predicted molar refractivity (Wildman–Crippen MR) is 114 cm³/mol. The summed E-state index contributed by atoms with van der Waals surface area (Å²) in [6, 6.07) is 10.4. The van der Waals surface area contributed by atoms with Gasteiger partial charge in [0.05, 0.1) is 16.3 Å². The highest BCUT2D eigenvalue weighted by atomic mass is 35.5. The van der Waals surface area contributed by atoms with Crippen molar-refractivity contribution >= 4 is 50.2 Å². The topological polar surface area (TPSA) is 103 Å². The lowest BCUT2D eigenvalue weighted by molar-refractivity contribution is -0.134. The van der Waals surface area contributed by atoms with Crippen LogP contribution in [0, 0.1) is 6.92 Å². The molecule has 3 aromatic rings. The van der Waals surface area contributed by atoms with Crippen molar-refractivity contribution in [1.29, 1.82) is 0 Å². The van der Waals surface area contributed by atoms with Crippen LogP contribution in [0.5, 0.6) is 5.75 Å². The van der Waals surface area contributed by atoms with Gasteiger partial charge >= 0.3 is 11.6 Å². The minimum absolute atomic E-state index is 0.00886. The number of ether oxygens (including phenoxy) is 1. The Labute approximate surface area is 182 Å². The Morgan fingerprint density at radius 1 is 1.17 bits per heavy atom. The third kappa shape index (κ3) is 5.20. The molecule has 0 saturated heterocycles. The minimum atomic E-state index is -3.74. The Morgan fingerprint density at radius 2 is 1.87 bits per heavy atom. The Hall–Kier alpha value is -2.39. The van der Waals surface area contributed by atoms with E-state index in [9.17, 15) is 18.0 Å². The van der Waals surface area contributed by atoms with E-state index in [0.29, 0.717) is 10.9 Å². The largest absolute Gasteiger partial charge is 0.425 e.